The van der Waals surface area contributed by atoms with Gasteiger partial charge in [-0.25, -0.2) is 0 Å². The van der Waals surface area contributed by atoms with Crippen LogP contribution >= 0.6 is 15.9 Å². The van der Waals surface area contributed by atoms with Crippen LogP contribution in [-0.4, -0.2) is 24.4 Å². The van der Waals surface area contributed by atoms with Gasteiger partial charge in [0.2, 0.25) is 5.91 Å². The maximum absolute atomic E-state index is 11.0. The molecule has 0 spiro atoms. The van der Waals surface area contributed by atoms with E-state index in [2.05, 4.69) is 28.2 Å². The van der Waals surface area contributed by atoms with Gasteiger partial charge >= 0.3 is 0 Å². The lowest BCUT2D eigenvalue weighted by Gasteiger charge is -2.06. The minimum Gasteiger partial charge on any atom is -0.494 e. The Morgan fingerprint density at radius 2 is 2.06 bits per heavy atom. The molecule has 17 heavy (non-hydrogen) atoms. The number of hydrogen-bond donors (Lipinski definition) is 1. The van der Waals surface area contributed by atoms with Gasteiger partial charge in [-0.2, -0.15) is 0 Å². The predicted molar refractivity (Wildman–Crippen MR) is 72.7 cm³/mol. The summed E-state index contributed by atoms with van der Waals surface area (Å²) in [6.07, 6.45) is 1.85. The highest BCUT2D eigenvalue weighted by Crippen LogP contribution is 2.12. The van der Waals surface area contributed by atoms with Crippen molar-refractivity contribution in [2.45, 2.75) is 19.8 Å². The van der Waals surface area contributed by atoms with E-state index in [0.717, 1.165) is 25.2 Å². The van der Waals surface area contributed by atoms with Gasteiger partial charge < -0.3 is 10.1 Å². The van der Waals surface area contributed by atoms with Crippen LogP contribution in [0.5, 0.6) is 5.75 Å². The molecule has 0 heterocycles. The van der Waals surface area contributed by atoms with Gasteiger partial charge in [0.05, 0.1) is 11.9 Å². The molecule has 1 aromatic rings. The van der Waals surface area contributed by atoms with Crippen molar-refractivity contribution in [2.24, 2.45) is 0 Å². The number of rotatable bonds is 7. The number of nitrogens with one attached hydrogen (secondary N) is 1. The summed E-state index contributed by atoms with van der Waals surface area (Å²) in [6.45, 7) is 3.50. The van der Waals surface area contributed by atoms with E-state index in [4.69, 9.17) is 4.74 Å². The Bertz CT molecular complexity index is 338. The van der Waals surface area contributed by atoms with E-state index >= 15 is 0 Å². The quantitative estimate of drug-likeness (QED) is 0.786. The Balaban J connectivity index is 2.32. The molecule has 1 N–H and O–H groups in total. The fourth-order valence-corrected chi connectivity index (χ4v) is 1.56. The molecule has 0 saturated carbocycles. The highest BCUT2D eigenvalue weighted by atomic mass is 79.9. The molecule has 3 nitrogen and oxygen atoms in total. The fraction of sp³-hybridized carbons (Fsp3) is 0.462. The van der Waals surface area contributed by atoms with E-state index < -0.39 is 0 Å². The number of alkyl halides is 1. The van der Waals surface area contributed by atoms with Crippen LogP contribution in [0.4, 0.5) is 0 Å². The van der Waals surface area contributed by atoms with Gasteiger partial charge in [-0.05, 0) is 30.5 Å². The second-order valence-corrected chi connectivity index (χ2v) is 4.29. The first-order valence-electron chi connectivity index (χ1n) is 5.80. The van der Waals surface area contributed by atoms with Gasteiger partial charge in [-0.3, -0.25) is 4.79 Å². The third-order valence-corrected chi connectivity index (χ3v) is 2.76. The smallest absolute Gasteiger partial charge is 0.230 e. The molecule has 1 amide bonds. The first-order chi connectivity index (χ1) is 8.26. The van der Waals surface area contributed by atoms with Crippen molar-refractivity contribution in [3.8, 4) is 5.75 Å². The van der Waals surface area contributed by atoms with Gasteiger partial charge in [0, 0.05) is 6.54 Å². The second kappa shape index (κ2) is 8.12. The summed E-state index contributed by atoms with van der Waals surface area (Å²) in [6, 6.07) is 8.01. The largest absolute Gasteiger partial charge is 0.494 e. The Morgan fingerprint density at radius 3 is 2.65 bits per heavy atom. The maximum Gasteiger partial charge on any atom is 0.230 e. The van der Waals surface area contributed by atoms with Gasteiger partial charge in [-0.15, -0.1) is 0 Å². The van der Waals surface area contributed by atoms with Crippen LogP contribution in [0.1, 0.15) is 18.9 Å². The van der Waals surface area contributed by atoms with Gasteiger partial charge in [0.1, 0.15) is 5.75 Å². The van der Waals surface area contributed by atoms with Crippen molar-refractivity contribution < 1.29 is 9.53 Å². The minimum atomic E-state index is 0.0212. The zero-order chi connectivity index (χ0) is 12.5. The first kappa shape index (κ1) is 14.0. The summed E-state index contributed by atoms with van der Waals surface area (Å²) in [4.78, 5) is 11.0. The number of amides is 1. The molecule has 0 aliphatic carbocycles. The molecule has 0 bridgehead atoms. The van der Waals surface area contributed by atoms with E-state index in [0.29, 0.717) is 11.9 Å². The molecule has 1 aromatic carbocycles. The van der Waals surface area contributed by atoms with E-state index in [1.54, 1.807) is 0 Å². The Morgan fingerprint density at radius 1 is 1.35 bits per heavy atom. The van der Waals surface area contributed by atoms with E-state index in [9.17, 15) is 4.79 Å². The summed E-state index contributed by atoms with van der Waals surface area (Å²) >= 11 is 3.11. The van der Waals surface area contributed by atoms with Crippen LogP contribution in [0, 0.1) is 0 Å². The number of carbonyl (C=O) groups excluding carboxylic acids is 1. The molecule has 0 atom stereocenters. The Labute approximate surface area is 111 Å². The lowest BCUT2D eigenvalue weighted by atomic mass is 10.1. The van der Waals surface area contributed by atoms with Crippen LogP contribution in [0.15, 0.2) is 24.3 Å². The fourth-order valence-electron chi connectivity index (χ4n) is 1.37. The molecule has 0 aliphatic rings. The molecule has 0 saturated heterocycles. The summed E-state index contributed by atoms with van der Waals surface area (Å²) < 4.78 is 5.49. The summed E-state index contributed by atoms with van der Waals surface area (Å²) in [5.74, 6) is 0.924. The third kappa shape index (κ3) is 5.73. The lowest BCUT2D eigenvalue weighted by Crippen LogP contribution is -2.26. The van der Waals surface area contributed by atoms with Crippen molar-refractivity contribution in [2.75, 3.05) is 18.5 Å². The van der Waals surface area contributed by atoms with E-state index in [-0.39, 0.29) is 5.91 Å². The first-order valence-corrected chi connectivity index (χ1v) is 6.92. The third-order valence-electron chi connectivity index (χ3n) is 2.25. The normalized spacial score (nSPS) is 10.0. The van der Waals surface area contributed by atoms with Crippen LogP contribution in [0.3, 0.4) is 0 Å². The minimum absolute atomic E-state index is 0.0212. The van der Waals surface area contributed by atoms with E-state index in [1.807, 2.05) is 24.3 Å². The van der Waals surface area contributed by atoms with Crippen LogP contribution in [0.2, 0.25) is 0 Å². The second-order valence-electron chi connectivity index (χ2n) is 3.73. The monoisotopic (exact) mass is 299 g/mol. The zero-order valence-corrected chi connectivity index (χ0v) is 11.6. The van der Waals surface area contributed by atoms with Crippen molar-refractivity contribution >= 4 is 21.8 Å². The molecule has 0 fully saturated rings. The number of benzene rings is 1. The molecule has 0 radical (unpaired) electrons. The van der Waals surface area contributed by atoms with Gasteiger partial charge in [0.25, 0.3) is 0 Å². The average Bonchev–Trinajstić information content (AvgIpc) is 2.37. The number of hydrogen-bond acceptors (Lipinski definition) is 2. The van der Waals surface area contributed by atoms with Gasteiger partial charge in [-0.1, -0.05) is 35.0 Å². The summed E-state index contributed by atoms with van der Waals surface area (Å²) in [7, 11) is 0. The van der Waals surface area contributed by atoms with Crippen molar-refractivity contribution in [1.29, 1.82) is 0 Å². The SMILES string of the molecule is CCCOc1ccc(CCNC(=O)CBr)cc1. The molecule has 4 heteroatoms. The summed E-state index contributed by atoms with van der Waals surface area (Å²) in [5.41, 5.74) is 1.20. The number of carbonyl (C=O) groups is 1. The van der Waals surface area contributed by atoms with Gasteiger partial charge in [0.15, 0.2) is 0 Å². The van der Waals surface area contributed by atoms with E-state index in [1.165, 1.54) is 5.56 Å². The maximum atomic E-state index is 11.0. The predicted octanol–water partition coefficient (Wildman–Crippen LogP) is 2.53. The highest BCUT2D eigenvalue weighted by Gasteiger charge is 1.98. The topological polar surface area (TPSA) is 38.3 Å². The Hall–Kier alpha value is -1.03. The molecule has 0 aromatic heterocycles. The summed E-state index contributed by atoms with van der Waals surface area (Å²) in [5, 5.41) is 3.17. The zero-order valence-electron chi connectivity index (χ0n) is 10.0. The molecule has 1 rings (SSSR count). The lowest BCUT2D eigenvalue weighted by molar-refractivity contribution is -0.118. The molecule has 0 aliphatic heterocycles. The molecule has 94 valence electrons. The molecule has 0 unspecified atom stereocenters. The Kier molecular flexibility index (Phi) is 6.70. The van der Waals surface area contributed by atoms with Crippen LogP contribution < -0.4 is 10.1 Å². The molecular weight excluding hydrogens is 282 g/mol. The standard InChI is InChI=1S/C13H18BrNO2/c1-2-9-17-12-5-3-11(4-6-12)7-8-15-13(16)10-14/h3-6H,2,7-10H2,1H3,(H,15,16). The number of ether oxygens (including phenoxy) is 1. The molecular formula is C13H18BrNO2. The van der Waals surface area contributed by atoms with Crippen molar-refractivity contribution in [3.63, 3.8) is 0 Å². The van der Waals surface area contributed by atoms with Crippen LogP contribution in [0.25, 0.3) is 0 Å². The number of halogens is 1. The van der Waals surface area contributed by atoms with Crippen molar-refractivity contribution in [1.82, 2.24) is 5.32 Å². The highest BCUT2D eigenvalue weighted by molar-refractivity contribution is 9.09. The average molecular weight is 300 g/mol. The van der Waals surface area contributed by atoms with Crippen LogP contribution in [-0.2, 0) is 11.2 Å². The van der Waals surface area contributed by atoms with Crippen molar-refractivity contribution in [3.05, 3.63) is 29.8 Å².